The monoisotopic (exact) mass is 477 g/mol. The first-order valence-electron chi connectivity index (χ1n) is 9.50. The summed E-state index contributed by atoms with van der Waals surface area (Å²) in [5.74, 6) is -2.21. The lowest BCUT2D eigenvalue weighted by Gasteiger charge is -2.22. The molecule has 0 aliphatic rings. The number of carboxylic acids is 1. The molecule has 0 fully saturated rings. The first kappa shape index (κ1) is 25.2. The molecule has 0 saturated carbocycles. The number of amides is 1. The van der Waals surface area contributed by atoms with E-state index in [0.717, 1.165) is 6.07 Å². The molecule has 2 aromatic carbocycles. The fourth-order valence-corrected chi connectivity index (χ4v) is 2.87. The Bertz CT molecular complexity index is 1110. The van der Waals surface area contributed by atoms with Gasteiger partial charge in [-0.25, -0.2) is 0 Å². The number of rotatable bonds is 10. The first-order valence-corrected chi connectivity index (χ1v) is 9.88. The number of esters is 1. The van der Waals surface area contributed by atoms with Crippen LogP contribution >= 0.6 is 11.6 Å². The van der Waals surface area contributed by atoms with Crippen LogP contribution in [-0.4, -0.2) is 47.6 Å². The summed E-state index contributed by atoms with van der Waals surface area (Å²) in [5, 5.41) is 30.6. The number of carbonyl (C=O) groups excluding carboxylic acids is 2. The summed E-state index contributed by atoms with van der Waals surface area (Å²) in [6.07, 6.45) is 0. The van der Waals surface area contributed by atoms with Crippen molar-refractivity contribution in [1.29, 1.82) is 0 Å². The number of halogens is 1. The average molecular weight is 478 g/mol. The van der Waals surface area contributed by atoms with Crippen molar-refractivity contribution in [3.63, 3.8) is 0 Å². The van der Waals surface area contributed by atoms with Gasteiger partial charge in [0.25, 0.3) is 5.69 Å². The van der Waals surface area contributed by atoms with Crippen LogP contribution in [0.5, 0.6) is 0 Å². The smallest absolute Gasteiger partial charge is 0.325 e. The Labute approximate surface area is 193 Å². The zero-order valence-corrected chi connectivity index (χ0v) is 18.4. The molecule has 2 N–H and O–H groups in total. The van der Waals surface area contributed by atoms with Gasteiger partial charge in [-0.1, -0.05) is 11.6 Å². The first-order chi connectivity index (χ1) is 15.6. The maximum absolute atomic E-state index is 11.9. The number of nitrogens with zero attached hydrogens (tertiary/aromatic N) is 4. The Morgan fingerprint density at radius 1 is 1.15 bits per heavy atom. The third kappa shape index (κ3) is 7.54. The zero-order valence-electron chi connectivity index (χ0n) is 17.6. The Kier molecular flexibility index (Phi) is 8.80. The molecule has 0 heterocycles. The molecule has 0 atom stereocenters. The Morgan fingerprint density at radius 2 is 1.82 bits per heavy atom. The molecule has 0 saturated heterocycles. The van der Waals surface area contributed by atoms with E-state index in [0.29, 0.717) is 5.69 Å². The largest absolute Gasteiger partial charge is 0.480 e. The Balaban J connectivity index is 2.40. The number of aliphatic carboxylic acids is 1. The number of carbonyl (C=O) groups is 3. The van der Waals surface area contributed by atoms with E-state index in [9.17, 15) is 29.6 Å². The lowest BCUT2D eigenvalue weighted by molar-refractivity contribution is -0.384. The van der Waals surface area contributed by atoms with E-state index in [4.69, 9.17) is 16.3 Å². The molecule has 2 aromatic rings. The van der Waals surface area contributed by atoms with E-state index in [1.54, 1.807) is 6.92 Å². The Hall–Kier alpha value is -4.06. The highest BCUT2D eigenvalue weighted by atomic mass is 35.5. The lowest BCUT2D eigenvalue weighted by Crippen LogP contribution is -2.35. The van der Waals surface area contributed by atoms with Crippen molar-refractivity contribution in [2.45, 2.75) is 13.8 Å². The van der Waals surface area contributed by atoms with E-state index < -0.39 is 29.3 Å². The summed E-state index contributed by atoms with van der Waals surface area (Å²) in [5.41, 5.74) is 0.676. The molecular formula is C20H20ClN5O7. The van der Waals surface area contributed by atoms with Gasteiger partial charge >= 0.3 is 11.9 Å². The summed E-state index contributed by atoms with van der Waals surface area (Å²) in [6, 6.07) is 8.08. The summed E-state index contributed by atoms with van der Waals surface area (Å²) >= 11 is 6.02. The van der Waals surface area contributed by atoms with Gasteiger partial charge < -0.3 is 20.1 Å². The maximum Gasteiger partial charge on any atom is 0.325 e. The van der Waals surface area contributed by atoms with Crippen molar-refractivity contribution < 1.29 is 29.2 Å². The number of nitro groups is 1. The predicted molar refractivity (Wildman–Crippen MR) is 120 cm³/mol. The molecule has 12 nitrogen and oxygen atoms in total. The fourth-order valence-electron chi connectivity index (χ4n) is 2.66. The van der Waals surface area contributed by atoms with Gasteiger partial charge in [0, 0.05) is 24.7 Å². The van der Waals surface area contributed by atoms with E-state index in [-0.39, 0.29) is 40.9 Å². The van der Waals surface area contributed by atoms with Crippen LogP contribution in [0.2, 0.25) is 5.02 Å². The molecule has 2 rings (SSSR count). The summed E-state index contributed by atoms with van der Waals surface area (Å²) < 4.78 is 4.88. The van der Waals surface area contributed by atoms with Gasteiger partial charge in [0.15, 0.2) is 0 Å². The number of ether oxygens (including phenoxy) is 1. The average Bonchev–Trinajstić information content (AvgIpc) is 2.72. The third-order valence-corrected chi connectivity index (χ3v) is 4.32. The molecule has 0 unspecified atom stereocenters. The van der Waals surface area contributed by atoms with Gasteiger partial charge in [-0.2, -0.15) is 0 Å². The molecule has 1 amide bonds. The van der Waals surface area contributed by atoms with Gasteiger partial charge in [0.05, 0.1) is 22.2 Å². The number of nitrogens with one attached hydrogen (secondary N) is 1. The van der Waals surface area contributed by atoms with Crippen molar-refractivity contribution in [1.82, 2.24) is 0 Å². The van der Waals surface area contributed by atoms with Crippen LogP contribution in [0, 0.1) is 10.1 Å². The van der Waals surface area contributed by atoms with Crippen molar-refractivity contribution >= 4 is 57.9 Å². The molecular weight excluding hydrogens is 458 g/mol. The normalized spacial score (nSPS) is 10.6. The highest BCUT2D eigenvalue weighted by Crippen LogP contribution is 2.34. The van der Waals surface area contributed by atoms with Gasteiger partial charge in [-0.3, -0.25) is 24.5 Å². The topological polar surface area (TPSA) is 164 Å². The molecule has 0 bridgehead atoms. The second kappa shape index (κ2) is 11.5. The number of hydrogen-bond acceptors (Lipinski definition) is 9. The summed E-state index contributed by atoms with van der Waals surface area (Å²) in [6.45, 7) is 2.23. The van der Waals surface area contributed by atoms with Crippen LogP contribution < -0.4 is 10.2 Å². The molecule has 0 radical (unpaired) electrons. The molecule has 13 heteroatoms. The van der Waals surface area contributed by atoms with Crippen molar-refractivity contribution in [2.75, 3.05) is 29.9 Å². The third-order valence-electron chi connectivity index (χ3n) is 4.01. The van der Waals surface area contributed by atoms with Gasteiger partial charge in [0.2, 0.25) is 5.91 Å². The van der Waals surface area contributed by atoms with E-state index in [1.807, 2.05) is 0 Å². The predicted octanol–water partition coefficient (Wildman–Crippen LogP) is 4.08. The van der Waals surface area contributed by atoms with Crippen LogP contribution in [0.25, 0.3) is 0 Å². The molecule has 0 aliphatic heterocycles. The molecule has 174 valence electrons. The number of azo groups is 1. The minimum atomic E-state index is -1.17. The summed E-state index contributed by atoms with van der Waals surface area (Å²) in [7, 11) is 0. The number of carboxylic acid groups (broad SMARTS) is 1. The Morgan fingerprint density at radius 3 is 2.39 bits per heavy atom. The molecule has 0 aliphatic carbocycles. The van der Waals surface area contributed by atoms with Gasteiger partial charge in [-0.15, -0.1) is 10.2 Å². The van der Waals surface area contributed by atoms with Crippen molar-refractivity contribution in [3.8, 4) is 0 Å². The molecule has 0 aromatic heterocycles. The zero-order chi connectivity index (χ0) is 24.5. The van der Waals surface area contributed by atoms with Crippen molar-refractivity contribution in [2.24, 2.45) is 10.2 Å². The standard InChI is InChI=1S/C20H20ClN5O7/c1-3-33-20(30)11-25(10-19(28)29)13-4-7-17(18(9-13)22-12(2)27)24-23-16-6-5-14(26(31)32)8-15(16)21/h4-9H,3,10-11H2,1-2H3,(H,22,27)(H,28,29). The second-order valence-corrected chi connectivity index (χ2v) is 6.94. The maximum atomic E-state index is 11.9. The van der Waals surface area contributed by atoms with Crippen molar-refractivity contribution in [3.05, 3.63) is 51.5 Å². The fraction of sp³-hybridized carbons (Fsp3) is 0.250. The van der Waals surface area contributed by atoms with Crippen LogP contribution in [0.3, 0.4) is 0 Å². The number of nitro benzene ring substituents is 1. The molecule has 0 spiro atoms. The minimum absolute atomic E-state index is 0.00715. The summed E-state index contributed by atoms with van der Waals surface area (Å²) in [4.78, 5) is 46.3. The quantitative estimate of drug-likeness (QED) is 0.223. The number of hydrogen-bond donors (Lipinski definition) is 2. The van der Waals surface area contributed by atoms with Crippen LogP contribution in [0.15, 0.2) is 46.6 Å². The highest BCUT2D eigenvalue weighted by molar-refractivity contribution is 6.33. The number of benzene rings is 2. The van der Waals surface area contributed by atoms with Gasteiger partial charge in [-0.05, 0) is 31.2 Å². The second-order valence-electron chi connectivity index (χ2n) is 6.53. The van der Waals surface area contributed by atoms with E-state index in [2.05, 4.69) is 15.5 Å². The minimum Gasteiger partial charge on any atom is -0.480 e. The number of anilines is 2. The molecule has 33 heavy (non-hydrogen) atoms. The lowest BCUT2D eigenvalue weighted by atomic mass is 10.2. The van der Waals surface area contributed by atoms with Gasteiger partial charge in [0.1, 0.15) is 24.5 Å². The SMILES string of the molecule is CCOC(=O)CN(CC(=O)O)c1ccc(N=Nc2ccc([N+](=O)[O-])cc2Cl)c(NC(C)=O)c1. The van der Waals surface area contributed by atoms with Crippen LogP contribution in [-0.2, 0) is 19.1 Å². The van der Waals surface area contributed by atoms with E-state index >= 15 is 0 Å². The van der Waals surface area contributed by atoms with Crippen LogP contribution in [0.4, 0.5) is 28.4 Å². The van der Waals surface area contributed by atoms with E-state index in [1.165, 1.54) is 42.2 Å². The number of non-ortho nitro benzene ring substituents is 1. The highest BCUT2D eigenvalue weighted by Gasteiger charge is 2.18. The van der Waals surface area contributed by atoms with Crippen LogP contribution in [0.1, 0.15) is 13.8 Å².